The third kappa shape index (κ3) is 4.22. The monoisotopic (exact) mass is 428 g/mol. The van der Waals surface area contributed by atoms with Crippen molar-refractivity contribution in [2.24, 2.45) is 0 Å². The zero-order valence-corrected chi connectivity index (χ0v) is 17.8. The quantitative estimate of drug-likeness (QED) is 0.415. The molecule has 2 aromatic carbocycles. The molecule has 0 atom stereocenters. The standard InChI is InChI=1S/C22H26N3OSe/c1-4-25(5-2,21-14-10-7-11-15-21)16-19-17-27-22(23-19)24(18(3)26)20-12-8-6-9-13-20/h6-15,17H,4-5,16H2,1-3H3/q+1. The van der Waals surface area contributed by atoms with Crippen molar-refractivity contribution in [3.8, 4) is 0 Å². The Hall–Kier alpha value is -2.20. The number of aromatic nitrogens is 1. The van der Waals surface area contributed by atoms with E-state index in [2.05, 4.69) is 49.1 Å². The Morgan fingerprint density at radius 1 is 1.00 bits per heavy atom. The molecule has 0 aliphatic carbocycles. The first-order valence-electron chi connectivity index (χ1n) is 9.31. The molecule has 0 fully saturated rings. The number of carbonyl (C=O) groups excluding carboxylic acids is 1. The van der Waals surface area contributed by atoms with Crippen LogP contribution in [0, 0.1) is 0 Å². The molecule has 0 aliphatic heterocycles. The first-order chi connectivity index (χ1) is 13.1. The predicted molar refractivity (Wildman–Crippen MR) is 113 cm³/mol. The van der Waals surface area contributed by atoms with E-state index < -0.39 is 0 Å². The van der Waals surface area contributed by atoms with Gasteiger partial charge in [0.05, 0.1) is 0 Å². The second kappa shape index (κ2) is 8.66. The summed E-state index contributed by atoms with van der Waals surface area (Å²) >= 11 is 0.0602. The Morgan fingerprint density at radius 3 is 2.15 bits per heavy atom. The van der Waals surface area contributed by atoms with Gasteiger partial charge in [-0.2, -0.15) is 0 Å². The van der Waals surface area contributed by atoms with Gasteiger partial charge in [-0.25, -0.2) is 0 Å². The van der Waals surface area contributed by atoms with E-state index in [4.69, 9.17) is 4.98 Å². The third-order valence-corrected chi connectivity index (χ3v) is 6.87. The van der Waals surface area contributed by atoms with Gasteiger partial charge in [0.1, 0.15) is 0 Å². The summed E-state index contributed by atoms with van der Waals surface area (Å²) in [6.07, 6.45) is 0. The number of benzene rings is 2. The van der Waals surface area contributed by atoms with Crippen LogP contribution in [0.5, 0.6) is 0 Å². The van der Waals surface area contributed by atoms with Gasteiger partial charge < -0.3 is 0 Å². The summed E-state index contributed by atoms with van der Waals surface area (Å²) in [5.41, 5.74) is 3.28. The molecular formula is C22H26N3OSe+. The number of carbonyl (C=O) groups is 1. The van der Waals surface area contributed by atoms with Crippen LogP contribution in [0.25, 0.3) is 0 Å². The Bertz CT molecular complexity index is 873. The fraction of sp³-hybridized carbons (Fsp3) is 0.273. The molecule has 1 heterocycles. The first-order valence-corrected chi connectivity index (χ1v) is 11.2. The maximum absolute atomic E-state index is 12.3. The van der Waals surface area contributed by atoms with Crippen molar-refractivity contribution in [1.29, 1.82) is 0 Å². The molecule has 0 saturated heterocycles. The maximum atomic E-state index is 12.3. The summed E-state index contributed by atoms with van der Waals surface area (Å²) in [7, 11) is 0. The molecule has 1 amide bonds. The second-order valence-corrected chi connectivity index (χ2v) is 8.34. The Morgan fingerprint density at radius 2 is 1.59 bits per heavy atom. The molecule has 3 aromatic rings. The van der Waals surface area contributed by atoms with Crippen molar-refractivity contribution in [2.75, 3.05) is 18.0 Å². The van der Waals surface area contributed by atoms with E-state index in [1.54, 1.807) is 11.8 Å². The van der Waals surface area contributed by atoms with Gasteiger partial charge in [0.15, 0.2) is 0 Å². The number of anilines is 2. The average Bonchev–Trinajstić information content (AvgIpc) is 3.15. The number of hydrogen-bond acceptors (Lipinski definition) is 2. The van der Waals surface area contributed by atoms with E-state index in [0.717, 1.165) is 40.2 Å². The molecule has 27 heavy (non-hydrogen) atoms. The summed E-state index contributed by atoms with van der Waals surface area (Å²) < 4.78 is 1.74. The van der Waals surface area contributed by atoms with E-state index in [1.165, 1.54) is 5.69 Å². The normalized spacial score (nSPS) is 11.4. The van der Waals surface area contributed by atoms with Crippen LogP contribution in [-0.2, 0) is 11.3 Å². The Kier molecular flexibility index (Phi) is 6.27. The van der Waals surface area contributed by atoms with Crippen LogP contribution in [-0.4, -0.2) is 38.5 Å². The molecule has 0 bridgehead atoms. The van der Waals surface area contributed by atoms with Gasteiger partial charge in [-0.15, -0.1) is 0 Å². The first kappa shape index (κ1) is 19.6. The summed E-state index contributed by atoms with van der Waals surface area (Å²) in [6, 6.07) is 20.4. The zero-order chi connectivity index (χ0) is 19.3. The summed E-state index contributed by atoms with van der Waals surface area (Å²) in [4.78, 5) is 21.1. The number of quaternary nitrogens is 1. The average molecular weight is 427 g/mol. The number of hydrogen-bond donors (Lipinski definition) is 0. The summed E-state index contributed by atoms with van der Waals surface area (Å²) in [5, 5.41) is 0. The molecular weight excluding hydrogens is 401 g/mol. The van der Waals surface area contributed by atoms with Crippen LogP contribution in [0.15, 0.2) is 65.6 Å². The van der Waals surface area contributed by atoms with E-state index in [1.807, 2.05) is 30.3 Å². The topological polar surface area (TPSA) is 33.2 Å². The second-order valence-electron chi connectivity index (χ2n) is 6.58. The molecule has 1 aromatic heterocycles. The van der Waals surface area contributed by atoms with Gasteiger partial charge in [-0.05, 0) is 0 Å². The number of amides is 1. The van der Waals surface area contributed by atoms with Crippen LogP contribution >= 0.6 is 0 Å². The molecule has 140 valence electrons. The van der Waals surface area contributed by atoms with Crippen molar-refractivity contribution in [1.82, 2.24) is 9.47 Å². The number of nitrogens with zero attached hydrogens (tertiary/aromatic N) is 3. The molecule has 4 nitrogen and oxygen atoms in total. The minimum atomic E-state index is 0.00581. The van der Waals surface area contributed by atoms with E-state index in [0.29, 0.717) is 0 Å². The minimum absolute atomic E-state index is 0.00581. The fourth-order valence-corrected chi connectivity index (χ4v) is 5.28. The molecule has 0 radical (unpaired) electrons. The van der Waals surface area contributed by atoms with Crippen LogP contribution in [0.1, 0.15) is 26.5 Å². The molecule has 0 unspecified atom stereocenters. The van der Waals surface area contributed by atoms with Gasteiger partial charge in [-0.3, -0.25) is 0 Å². The van der Waals surface area contributed by atoms with E-state index in [-0.39, 0.29) is 20.4 Å². The fourth-order valence-electron chi connectivity index (χ4n) is 3.43. The van der Waals surface area contributed by atoms with Crippen LogP contribution in [0.2, 0.25) is 0 Å². The zero-order valence-electron chi connectivity index (χ0n) is 16.1. The van der Waals surface area contributed by atoms with Gasteiger partial charge in [0.25, 0.3) is 0 Å². The Balaban J connectivity index is 1.91. The predicted octanol–water partition coefficient (Wildman–Crippen LogP) is 4.37. The number of para-hydroxylation sites is 2. The molecule has 0 N–H and O–H groups in total. The molecule has 0 saturated carbocycles. The van der Waals surface area contributed by atoms with Crippen LogP contribution in [0.4, 0.5) is 16.1 Å². The van der Waals surface area contributed by atoms with Crippen LogP contribution < -0.4 is 9.38 Å². The number of rotatable bonds is 7. The van der Waals surface area contributed by atoms with Crippen molar-refractivity contribution >= 4 is 36.5 Å². The van der Waals surface area contributed by atoms with Crippen LogP contribution in [0.3, 0.4) is 0 Å². The third-order valence-electron chi connectivity index (χ3n) is 5.04. The van der Waals surface area contributed by atoms with Crippen molar-refractivity contribution < 1.29 is 4.79 Å². The van der Waals surface area contributed by atoms with Crippen molar-refractivity contribution in [3.05, 3.63) is 71.3 Å². The SMILES string of the molecule is CC[N+](CC)(Cc1c[se]c(N(C(C)=O)c2ccccc2)n1)c1ccccc1. The van der Waals surface area contributed by atoms with Gasteiger partial charge >= 0.3 is 167 Å². The Labute approximate surface area is 167 Å². The van der Waals surface area contributed by atoms with Gasteiger partial charge in [0, 0.05) is 0 Å². The summed E-state index contributed by atoms with van der Waals surface area (Å²) in [6.45, 7) is 8.92. The van der Waals surface area contributed by atoms with E-state index in [9.17, 15) is 4.79 Å². The van der Waals surface area contributed by atoms with Gasteiger partial charge in [0.2, 0.25) is 0 Å². The molecule has 0 spiro atoms. The van der Waals surface area contributed by atoms with E-state index >= 15 is 0 Å². The van der Waals surface area contributed by atoms with Crippen molar-refractivity contribution in [3.63, 3.8) is 0 Å². The summed E-state index contributed by atoms with van der Waals surface area (Å²) in [5.74, 6) is 0.00581. The van der Waals surface area contributed by atoms with Gasteiger partial charge in [-0.1, -0.05) is 0 Å². The molecule has 0 aliphatic rings. The molecule has 5 heteroatoms. The van der Waals surface area contributed by atoms with Crippen molar-refractivity contribution in [2.45, 2.75) is 27.3 Å². The molecule has 3 rings (SSSR count).